The van der Waals surface area contributed by atoms with Crippen molar-refractivity contribution < 1.29 is 19.2 Å². The van der Waals surface area contributed by atoms with Gasteiger partial charge in [0.05, 0.1) is 22.3 Å². The van der Waals surface area contributed by atoms with Crippen molar-refractivity contribution in [2.24, 2.45) is 11.5 Å². The summed E-state index contributed by atoms with van der Waals surface area (Å²) in [6.07, 6.45) is 8.93. The summed E-state index contributed by atoms with van der Waals surface area (Å²) in [6, 6.07) is 13.9. The van der Waals surface area contributed by atoms with E-state index in [0.29, 0.717) is 41.9 Å². The lowest BCUT2D eigenvalue weighted by Crippen LogP contribution is -2.46. The molecule has 4 rings (SSSR count). The molecule has 8 nitrogen and oxygen atoms in total. The standard InChI is InChI=1S/C30H38N4O4/c31-21-30(32,17-9-1-3-11-19-33-26(35)22-13-5-6-14-23(22)27(33)36)18-10-2-4-12-20-34-28(37)24-15-7-8-16-25(24)29(34)38/h5-8,13-16H,1-4,9-12,17-21,31-32H2. The molecule has 38 heavy (non-hydrogen) atoms. The fourth-order valence-corrected chi connectivity index (χ4v) is 5.41. The highest BCUT2D eigenvalue weighted by molar-refractivity contribution is 6.22. The van der Waals surface area contributed by atoms with Crippen LogP contribution in [-0.2, 0) is 0 Å². The zero-order chi connectivity index (χ0) is 27.1. The number of fused-ring (bicyclic) bond motifs is 2. The topological polar surface area (TPSA) is 127 Å². The molecule has 2 aliphatic rings. The smallest absolute Gasteiger partial charge is 0.261 e. The third kappa shape index (κ3) is 6.03. The van der Waals surface area contributed by atoms with Crippen LogP contribution in [0.4, 0.5) is 0 Å². The van der Waals surface area contributed by atoms with Gasteiger partial charge in [0.15, 0.2) is 0 Å². The average Bonchev–Trinajstić information content (AvgIpc) is 3.32. The number of nitrogens with two attached hydrogens (primary N) is 2. The van der Waals surface area contributed by atoms with Gasteiger partial charge in [-0.3, -0.25) is 29.0 Å². The molecule has 202 valence electrons. The highest BCUT2D eigenvalue weighted by Gasteiger charge is 2.35. The van der Waals surface area contributed by atoms with E-state index in [0.717, 1.165) is 64.2 Å². The lowest BCUT2D eigenvalue weighted by Gasteiger charge is -2.28. The second-order valence-corrected chi connectivity index (χ2v) is 10.5. The van der Waals surface area contributed by atoms with Gasteiger partial charge < -0.3 is 11.5 Å². The molecular formula is C30H38N4O4. The second-order valence-electron chi connectivity index (χ2n) is 10.5. The largest absolute Gasteiger partial charge is 0.329 e. The Labute approximate surface area is 224 Å². The fourth-order valence-electron chi connectivity index (χ4n) is 5.41. The molecule has 0 aromatic heterocycles. The van der Waals surface area contributed by atoms with E-state index in [1.165, 1.54) is 9.80 Å². The van der Waals surface area contributed by atoms with Crippen LogP contribution >= 0.6 is 0 Å². The van der Waals surface area contributed by atoms with Crippen LogP contribution in [0.25, 0.3) is 0 Å². The first-order valence-corrected chi connectivity index (χ1v) is 13.8. The number of carbonyl (C=O) groups is 4. The summed E-state index contributed by atoms with van der Waals surface area (Å²) in [6.45, 7) is 1.31. The Morgan fingerprint density at radius 2 is 0.842 bits per heavy atom. The summed E-state index contributed by atoms with van der Waals surface area (Å²) in [5.74, 6) is -0.784. The van der Waals surface area contributed by atoms with Crippen molar-refractivity contribution in [2.45, 2.75) is 69.7 Å². The minimum absolute atomic E-state index is 0.196. The summed E-state index contributed by atoms with van der Waals surface area (Å²) in [5.41, 5.74) is 14.2. The van der Waals surface area contributed by atoms with E-state index >= 15 is 0 Å². The van der Waals surface area contributed by atoms with Gasteiger partial charge in [-0.25, -0.2) is 0 Å². The van der Waals surface area contributed by atoms with Crippen molar-refractivity contribution >= 4 is 23.6 Å². The normalized spacial score (nSPS) is 15.0. The fraction of sp³-hybridized carbons (Fsp3) is 0.467. The van der Waals surface area contributed by atoms with Gasteiger partial charge in [-0.1, -0.05) is 62.8 Å². The molecule has 4 N–H and O–H groups in total. The van der Waals surface area contributed by atoms with Gasteiger partial charge in [0.1, 0.15) is 0 Å². The average molecular weight is 519 g/mol. The Bertz CT molecular complexity index is 1040. The highest BCUT2D eigenvalue weighted by Crippen LogP contribution is 2.25. The highest BCUT2D eigenvalue weighted by atomic mass is 16.2. The molecule has 8 heteroatoms. The number of benzene rings is 2. The van der Waals surface area contributed by atoms with Gasteiger partial charge in [0.25, 0.3) is 23.6 Å². The van der Waals surface area contributed by atoms with Crippen molar-refractivity contribution in [1.29, 1.82) is 0 Å². The van der Waals surface area contributed by atoms with Crippen LogP contribution in [0.5, 0.6) is 0 Å². The lowest BCUT2D eigenvalue weighted by molar-refractivity contribution is 0.0636. The number of nitrogens with zero attached hydrogens (tertiary/aromatic N) is 2. The summed E-state index contributed by atoms with van der Waals surface area (Å²) in [4.78, 5) is 52.5. The third-order valence-electron chi connectivity index (χ3n) is 7.78. The predicted octanol–water partition coefficient (Wildman–Crippen LogP) is 4.14. The molecule has 0 bridgehead atoms. The van der Waals surface area contributed by atoms with Crippen LogP contribution in [0.1, 0.15) is 106 Å². The lowest BCUT2D eigenvalue weighted by atomic mass is 9.87. The number of amides is 4. The van der Waals surface area contributed by atoms with Crippen LogP contribution in [-0.4, -0.2) is 58.6 Å². The van der Waals surface area contributed by atoms with Gasteiger partial charge >= 0.3 is 0 Å². The zero-order valence-electron chi connectivity index (χ0n) is 22.0. The molecule has 2 aromatic rings. The van der Waals surface area contributed by atoms with E-state index in [-0.39, 0.29) is 23.6 Å². The van der Waals surface area contributed by atoms with Crippen LogP contribution in [0, 0.1) is 0 Å². The van der Waals surface area contributed by atoms with Gasteiger partial charge in [-0.05, 0) is 49.9 Å². The Morgan fingerprint density at radius 3 is 1.16 bits per heavy atom. The first kappa shape index (κ1) is 27.7. The van der Waals surface area contributed by atoms with Crippen molar-refractivity contribution in [1.82, 2.24) is 9.80 Å². The van der Waals surface area contributed by atoms with Gasteiger partial charge in [-0.15, -0.1) is 0 Å². The SMILES string of the molecule is NCC(N)(CCCCCCN1C(=O)c2ccccc2C1=O)CCCCCCN1C(=O)c2ccccc2C1=O. The summed E-state index contributed by atoms with van der Waals surface area (Å²) in [7, 11) is 0. The monoisotopic (exact) mass is 518 g/mol. The van der Waals surface area contributed by atoms with E-state index in [4.69, 9.17) is 11.5 Å². The molecule has 0 saturated heterocycles. The number of unbranched alkanes of at least 4 members (excludes halogenated alkanes) is 6. The van der Waals surface area contributed by atoms with E-state index in [1.54, 1.807) is 48.5 Å². The quantitative estimate of drug-likeness (QED) is 0.270. The molecule has 0 radical (unpaired) electrons. The molecule has 0 atom stereocenters. The Morgan fingerprint density at radius 1 is 0.526 bits per heavy atom. The third-order valence-corrected chi connectivity index (χ3v) is 7.78. The number of hydrogen-bond acceptors (Lipinski definition) is 6. The Balaban J connectivity index is 1.07. The Kier molecular flexibility index (Phi) is 9.07. The summed E-state index contributed by atoms with van der Waals surface area (Å²) in [5, 5.41) is 0. The van der Waals surface area contributed by atoms with Gasteiger partial charge in [0, 0.05) is 25.2 Å². The number of carbonyl (C=O) groups excluding carboxylic acids is 4. The minimum atomic E-state index is -0.398. The minimum Gasteiger partial charge on any atom is -0.329 e. The maximum atomic E-state index is 12.4. The molecule has 0 spiro atoms. The van der Waals surface area contributed by atoms with Crippen molar-refractivity contribution in [2.75, 3.05) is 19.6 Å². The number of rotatable bonds is 15. The van der Waals surface area contributed by atoms with Crippen LogP contribution in [0.3, 0.4) is 0 Å². The van der Waals surface area contributed by atoms with Crippen molar-refractivity contribution in [3.63, 3.8) is 0 Å². The number of hydrogen-bond donors (Lipinski definition) is 2. The van der Waals surface area contributed by atoms with Gasteiger partial charge in [-0.2, -0.15) is 0 Å². The predicted molar refractivity (Wildman–Crippen MR) is 146 cm³/mol. The molecule has 2 aromatic carbocycles. The maximum Gasteiger partial charge on any atom is 0.261 e. The Hall–Kier alpha value is -3.36. The maximum absolute atomic E-state index is 12.4. The molecule has 2 heterocycles. The van der Waals surface area contributed by atoms with E-state index in [1.807, 2.05) is 0 Å². The number of imide groups is 2. The molecule has 0 saturated carbocycles. The van der Waals surface area contributed by atoms with E-state index in [9.17, 15) is 19.2 Å². The summed E-state index contributed by atoms with van der Waals surface area (Å²) >= 11 is 0. The van der Waals surface area contributed by atoms with Crippen LogP contribution in [0.15, 0.2) is 48.5 Å². The van der Waals surface area contributed by atoms with Crippen LogP contribution in [0.2, 0.25) is 0 Å². The molecule has 4 amide bonds. The van der Waals surface area contributed by atoms with E-state index in [2.05, 4.69) is 0 Å². The van der Waals surface area contributed by atoms with Crippen molar-refractivity contribution in [3.05, 3.63) is 70.8 Å². The van der Waals surface area contributed by atoms with Crippen molar-refractivity contribution in [3.8, 4) is 0 Å². The zero-order valence-corrected chi connectivity index (χ0v) is 22.0. The molecule has 0 unspecified atom stereocenters. The second kappa shape index (κ2) is 12.5. The molecular weight excluding hydrogens is 480 g/mol. The van der Waals surface area contributed by atoms with Gasteiger partial charge in [0.2, 0.25) is 0 Å². The summed E-state index contributed by atoms with van der Waals surface area (Å²) < 4.78 is 0. The van der Waals surface area contributed by atoms with E-state index < -0.39 is 5.54 Å². The molecule has 2 aliphatic heterocycles. The van der Waals surface area contributed by atoms with Crippen LogP contribution < -0.4 is 11.5 Å². The first-order chi connectivity index (χ1) is 18.4. The molecule has 0 fully saturated rings. The first-order valence-electron chi connectivity index (χ1n) is 13.8. The molecule has 0 aliphatic carbocycles.